The molecule has 15 aromatic rings. The van der Waals surface area contributed by atoms with Gasteiger partial charge in [0.15, 0.2) is 11.6 Å². The Morgan fingerprint density at radius 1 is 0.406 bits per heavy atom. The highest BCUT2D eigenvalue weighted by Gasteiger charge is 2.59. The third-order valence-corrected chi connectivity index (χ3v) is 25.8. The number of anilines is 11. The molecule has 10 atom stereocenters. The normalized spacial score (nSPS) is 18.7. The van der Waals surface area contributed by atoms with Crippen LogP contribution in [-0.2, 0) is 28.8 Å². The minimum Gasteiger partial charge on any atom is -0.439 e. The molecule has 10 aromatic heterocycles. The van der Waals surface area contributed by atoms with Crippen LogP contribution < -0.4 is 64.9 Å². The van der Waals surface area contributed by atoms with Gasteiger partial charge in [-0.25, -0.2) is 49.8 Å². The van der Waals surface area contributed by atoms with Gasteiger partial charge in [-0.05, 0) is 213 Å². The zero-order valence-electron chi connectivity index (χ0n) is 77.3. The summed E-state index contributed by atoms with van der Waals surface area (Å²) in [6.07, 6.45) is 6.57. The topological polar surface area (TPSA) is 461 Å². The van der Waals surface area contributed by atoms with Gasteiger partial charge in [0.05, 0.1) is 75.7 Å². The second-order valence-corrected chi connectivity index (χ2v) is 36.2. The predicted molar refractivity (Wildman–Crippen MR) is 532 cm³/mol. The zero-order chi connectivity index (χ0) is 97.7. The average molecular weight is 1850 g/mol. The van der Waals surface area contributed by atoms with Crippen LogP contribution in [0.5, 0.6) is 5.75 Å². The van der Waals surface area contributed by atoms with Crippen molar-refractivity contribution in [3.05, 3.63) is 241 Å². The lowest BCUT2D eigenvalue weighted by atomic mass is 10.0. The van der Waals surface area contributed by atoms with E-state index in [0.717, 1.165) is 129 Å². The van der Waals surface area contributed by atoms with E-state index in [-0.39, 0.29) is 77.3 Å². The van der Waals surface area contributed by atoms with E-state index < -0.39 is 23.9 Å². The van der Waals surface area contributed by atoms with Gasteiger partial charge in [-0.3, -0.25) is 28.8 Å². The Balaban J connectivity index is 0.000000120. The first kappa shape index (κ1) is 93.2. The molecule has 5 fully saturated rings. The Morgan fingerprint density at radius 2 is 0.703 bits per heavy atom. The van der Waals surface area contributed by atoms with E-state index in [9.17, 15) is 41.9 Å². The molecule has 5 aromatic carbocycles. The number of amides is 6. The first-order chi connectivity index (χ1) is 66.0. The fourth-order valence-corrected chi connectivity index (χ4v) is 17.0. The van der Waals surface area contributed by atoms with E-state index in [4.69, 9.17) is 38.7 Å². The molecule has 33 heteroatoms. The van der Waals surface area contributed by atoms with Gasteiger partial charge < -0.3 is 69.8 Å². The van der Waals surface area contributed by atoms with Crippen LogP contribution in [0.3, 0.4) is 0 Å². The number of hydrogen-bond donors (Lipinski definition) is 10. The van der Waals surface area contributed by atoms with Gasteiger partial charge in [-0.1, -0.05) is 111 Å². The number of alkyl halides is 3. The summed E-state index contributed by atoms with van der Waals surface area (Å²) >= 11 is 0. The Morgan fingerprint density at radius 3 is 0.986 bits per heavy atom. The summed E-state index contributed by atoms with van der Waals surface area (Å²) in [5.41, 5.74) is 45.8. The molecule has 0 bridgehead atoms. The van der Waals surface area contributed by atoms with Crippen molar-refractivity contribution in [3.63, 3.8) is 0 Å². The van der Waals surface area contributed by atoms with E-state index in [0.29, 0.717) is 116 Å². The third-order valence-electron chi connectivity index (χ3n) is 25.8. The number of aryl methyl sites for hydroxylation is 5. The van der Waals surface area contributed by atoms with Gasteiger partial charge in [0, 0.05) is 119 Å². The summed E-state index contributed by atoms with van der Waals surface area (Å²) in [6.45, 7) is 18.2. The lowest BCUT2D eigenvalue weighted by Crippen LogP contribution is -2.26. The zero-order valence-corrected chi connectivity index (χ0v) is 77.3. The number of halogens is 3. The second kappa shape index (κ2) is 38.0. The van der Waals surface area contributed by atoms with Crippen LogP contribution in [0.1, 0.15) is 73.8 Å². The van der Waals surface area contributed by atoms with Crippen LogP contribution in [0.25, 0.3) is 110 Å². The van der Waals surface area contributed by atoms with E-state index in [2.05, 4.69) is 103 Å². The van der Waals surface area contributed by atoms with Crippen molar-refractivity contribution in [1.82, 2.24) is 54.7 Å². The number of benzene rings is 5. The van der Waals surface area contributed by atoms with Gasteiger partial charge in [-0.2, -0.15) is 18.4 Å². The Hall–Kier alpha value is -16.7. The van der Waals surface area contributed by atoms with E-state index in [1.807, 2.05) is 198 Å². The summed E-state index contributed by atoms with van der Waals surface area (Å²) in [4.78, 5) is 120. The number of pyridine rings is 10. The minimum absolute atomic E-state index is 0.0154. The summed E-state index contributed by atoms with van der Waals surface area (Å²) < 4.78 is 43.7. The molecule has 0 radical (unpaired) electrons. The van der Waals surface area contributed by atoms with Crippen molar-refractivity contribution in [2.45, 2.75) is 86.7 Å². The summed E-state index contributed by atoms with van der Waals surface area (Å²) in [5, 5.41) is 30.6. The van der Waals surface area contributed by atoms with Crippen LogP contribution in [0.4, 0.5) is 77.0 Å². The van der Waals surface area contributed by atoms with Gasteiger partial charge in [0.25, 0.3) is 0 Å². The number of nitriles is 1. The second-order valence-electron chi connectivity index (χ2n) is 36.2. The number of hydrogen-bond acceptors (Lipinski definition) is 24. The molecule has 1 unspecified atom stereocenters. The van der Waals surface area contributed by atoms with Crippen molar-refractivity contribution >= 4 is 153 Å². The van der Waals surface area contributed by atoms with Crippen molar-refractivity contribution in [3.8, 4) is 68.1 Å². The smallest absolute Gasteiger partial charge is 0.392 e. The Bertz CT molecular complexity index is 7380. The fourth-order valence-electron chi connectivity index (χ4n) is 17.0. The molecule has 21 rings (SSSR count). The molecular weight excluding hydrogens is 1750 g/mol. The number of carbonyl (C=O) groups is 6. The van der Waals surface area contributed by atoms with Crippen molar-refractivity contribution in [1.29, 1.82) is 5.26 Å². The first-order valence-electron chi connectivity index (χ1n) is 45.0. The highest BCUT2D eigenvalue weighted by molar-refractivity contribution is 6.05. The average Bonchev–Trinajstić information content (AvgIpc) is 1.65. The summed E-state index contributed by atoms with van der Waals surface area (Å²) in [7, 11) is 5.30. The van der Waals surface area contributed by atoms with E-state index in [1.165, 1.54) is 11.1 Å². The predicted octanol–water partition coefficient (Wildman–Crippen LogP) is 18.3. The molecular formula is C105H100F3N23O7. The maximum absolute atomic E-state index is 12.7. The number of aromatic nitrogens is 10. The number of nitrogens with zero attached hydrogens (tertiary/aromatic N) is 13. The monoisotopic (exact) mass is 1850 g/mol. The van der Waals surface area contributed by atoms with Gasteiger partial charge in [-0.15, -0.1) is 0 Å². The van der Waals surface area contributed by atoms with Crippen LogP contribution in [0.2, 0.25) is 0 Å². The number of nitrogen functional groups attached to an aromatic ring is 5. The van der Waals surface area contributed by atoms with E-state index >= 15 is 0 Å². The standard InChI is InChI=1S/C23H20N6O2.C22H23N5O2.C20H17F3N4O.2C20H20N4O/c1-11-4-19-20(31-12(2)29(19)3)8-15(11)18-6-13-7-21(26-10-17(13)22(25)27-18)28-23(30)16-5-14(16)9-24;1-12-6-4-5-7-14(12)18-8-13-9-19(24-11-17(13)20(23)25-18)26-21(28)15-10-16(15)22(29)27(2)3;1-10-4-2-3-5-12(10)16-6-11-7-17(25-9-14(11)18(24)26-16)27-19(28)13-8-15(13)20(21,22)23;2*1-11-5-3-4-6-14(11)17-8-13-9-18(22-10-16(13)19(21)23-17)24-20(25)15-7-12(15)2/h4,6-8,10,14,16H,2,5H2,1,3H3,(H2,25,27)(H,26,28,30);4-9,11,15-16H,10H2,1-3H3,(H2,23,25)(H,24,26,28);2-7,9,13,15H,8H2,1H3,(H2,24,26)(H,25,27,28);2*3-6,8-10,12,15H,7H2,1-2H3,(H2,21,23)(H,22,24,25)/t14-,16+;15?,16-;13-,15-;12-,15+;12-,15-/m10101/s1. The van der Waals surface area contributed by atoms with Crippen molar-refractivity contribution < 1.29 is 46.7 Å². The van der Waals surface area contributed by atoms with Gasteiger partial charge in [0.1, 0.15) is 58.2 Å². The first-order valence-corrected chi connectivity index (χ1v) is 45.0. The number of nitrogens with one attached hydrogen (secondary N) is 5. The molecule has 138 heavy (non-hydrogen) atoms. The van der Waals surface area contributed by atoms with Gasteiger partial charge in [0.2, 0.25) is 35.4 Å². The molecule has 0 saturated heterocycles. The number of nitrogens with two attached hydrogens (primary N) is 5. The number of rotatable bonds is 16. The molecule has 5 saturated carbocycles. The minimum atomic E-state index is -4.35. The SMILES string of the molecule is C=C1Oc2cc(-c3cc4cc(NC(=O)[C@H]5C[C@@H]5C#N)ncc4c(N)n3)c(C)cc2N1C.Cc1ccccc1-c1cc2cc(NC(=O)C3C[C@@H]3C(=O)N(C)C)ncc2c(N)n1.Cc1ccccc1-c1cc2cc(NC(=O)[C@@H]3C[C@@H]3C)ncc2c(N)n1.Cc1ccccc1-c1cc2cc(NC(=O)[C@@H]3C[C@H]3C(F)(F)F)ncc2c(N)n1.Cc1ccccc1-c1cc2cc(NC(=O)[C@@H]3C[C@H]3C)ncc2c(N)n1. The molecule has 6 aliphatic rings. The lowest BCUT2D eigenvalue weighted by Gasteiger charge is -2.13. The Labute approximate surface area is 792 Å². The largest absolute Gasteiger partial charge is 0.439 e. The molecule has 0 spiro atoms. The maximum Gasteiger partial charge on any atom is 0.392 e. The lowest BCUT2D eigenvalue weighted by molar-refractivity contribution is -0.153. The number of ether oxygens (including phenoxy) is 1. The number of carbonyl (C=O) groups excluding carboxylic acids is 6. The van der Waals surface area contributed by atoms with Crippen LogP contribution >= 0.6 is 0 Å². The van der Waals surface area contributed by atoms with Crippen LogP contribution in [0.15, 0.2) is 213 Å². The summed E-state index contributed by atoms with van der Waals surface area (Å²) in [6, 6.07) is 56.4. The van der Waals surface area contributed by atoms with Crippen LogP contribution in [0, 0.1) is 105 Å². The molecule has 1 aliphatic heterocycles. The highest BCUT2D eigenvalue weighted by Crippen LogP contribution is 2.51. The number of fused-ring (bicyclic) bond motifs is 6. The van der Waals surface area contributed by atoms with Gasteiger partial charge >= 0.3 is 6.18 Å². The van der Waals surface area contributed by atoms with Crippen LogP contribution in [-0.4, -0.2) is 118 Å². The molecule has 698 valence electrons. The molecule has 30 nitrogen and oxygen atoms in total. The van der Waals surface area contributed by atoms with Crippen molar-refractivity contribution in [2.75, 3.05) is 81.3 Å². The molecule has 11 heterocycles. The third kappa shape index (κ3) is 20.4. The highest BCUT2D eigenvalue weighted by atomic mass is 19.4. The Kier molecular flexibility index (Phi) is 25.7. The van der Waals surface area contributed by atoms with E-state index in [1.54, 1.807) is 57.1 Å². The summed E-state index contributed by atoms with van der Waals surface area (Å²) in [5.74, 6) is 1.93. The van der Waals surface area contributed by atoms with Crippen molar-refractivity contribution in [2.24, 2.45) is 59.2 Å². The molecule has 5 aliphatic carbocycles. The maximum atomic E-state index is 12.7. The quantitative estimate of drug-likeness (QED) is 0.0429. The fraction of sp³-hybridized carbons (Fsp3) is 0.248. The molecule has 15 N–H and O–H groups in total. The molecule has 6 amide bonds.